The molecule has 0 fully saturated rings. The molecule has 0 aliphatic heterocycles. The lowest BCUT2D eigenvalue weighted by Gasteiger charge is -2.07. The van der Waals surface area contributed by atoms with E-state index in [-0.39, 0.29) is 12.4 Å². The number of rotatable bonds is 4. The number of tetrazole rings is 1. The zero-order valence-electron chi connectivity index (χ0n) is 9.59. The van der Waals surface area contributed by atoms with Crippen molar-refractivity contribution in [1.29, 1.82) is 0 Å². The molecule has 98 valence electrons. The van der Waals surface area contributed by atoms with Crippen LogP contribution in [0.3, 0.4) is 0 Å². The smallest absolute Gasteiger partial charge is 0.329 e. The number of aromatic nitrogens is 6. The van der Waals surface area contributed by atoms with E-state index < -0.39 is 12.7 Å². The highest BCUT2D eigenvalue weighted by atomic mass is 19.4. The lowest BCUT2D eigenvalue weighted by Crippen LogP contribution is -2.21. The maximum atomic E-state index is 12.3. The number of aryl methyl sites for hydroxylation is 1. The van der Waals surface area contributed by atoms with Gasteiger partial charge >= 0.3 is 6.18 Å². The van der Waals surface area contributed by atoms with Crippen LogP contribution in [-0.2, 0) is 19.5 Å². The molecular formula is C9H11F3N6. The summed E-state index contributed by atoms with van der Waals surface area (Å²) >= 11 is 0. The van der Waals surface area contributed by atoms with E-state index in [2.05, 4.69) is 20.5 Å². The lowest BCUT2D eigenvalue weighted by atomic mass is 10.4. The monoisotopic (exact) mass is 260 g/mol. The molecule has 0 bridgehead atoms. The van der Waals surface area contributed by atoms with Gasteiger partial charge in [0.15, 0.2) is 5.82 Å². The SMILES string of the molecule is CCc1cn(Cc2nnnn2CC(F)(F)F)cn1. The van der Waals surface area contributed by atoms with Gasteiger partial charge in [-0.25, -0.2) is 9.67 Å². The molecule has 0 radical (unpaired) electrons. The molecule has 9 heteroatoms. The van der Waals surface area contributed by atoms with Crippen LogP contribution in [0.4, 0.5) is 13.2 Å². The zero-order chi connectivity index (χ0) is 13.2. The van der Waals surface area contributed by atoms with E-state index in [1.807, 2.05) is 6.92 Å². The van der Waals surface area contributed by atoms with Gasteiger partial charge in [0.25, 0.3) is 0 Å². The summed E-state index contributed by atoms with van der Waals surface area (Å²) in [5, 5.41) is 10.2. The second kappa shape index (κ2) is 4.75. The molecule has 0 spiro atoms. The van der Waals surface area contributed by atoms with Gasteiger partial charge in [-0.1, -0.05) is 6.92 Å². The van der Waals surface area contributed by atoms with Crippen LogP contribution in [0, 0.1) is 0 Å². The Labute approximate surface area is 100 Å². The van der Waals surface area contributed by atoms with Crippen molar-refractivity contribution < 1.29 is 13.2 Å². The van der Waals surface area contributed by atoms with Gasteiger partial charge in [0.05, 0.1) is 18.6 Å². The summed E-state index contributed by atoms with van der Waals surface area (Å²) in [5.41, 5.74) is 0.866. The molecule has 0 atom stereocenters. The molecule has 0 aliphatic rings. The number of hydrogen-bond acceptors (Lipinski definition) is 4. The molecule has 18 heavy (non-hydrogen) atoms. The van der Waals surface area contributed by atoms with Crippen LogP contribution >= 0.6 is 0 Å². The van der Waals surface area contributed by atoms with Gasteiger partial charge in [-0.2, -0.15) is 13.2 Å². The number of halogens is 3. The van der Waals surface area contributed by atoms with Gasteiger partial charge in [0, 0.05) is 6.20 Å². The van der Waals surface area contributed by atoms with Crippen molar-refractivity contribution in [2.75, 3.05) is 0 Å². The lowest BCUT2D eigenvalue weighted by molar-refractivity contribution is -0.143. The standard InChI is InChI=1S/C9H11F3N6/c1-2-7-3-17(6-13-7)4-8-14-15-16-18(8)5-9(10,11)12/h3,6H,2,4-5H2,1H3. The molecular weight excluding hydrogens is 249 g/mol. The van der Waals surface area contributed by atoms with Crippen molar-refractivity contribution in [1.82, 2.24) is 29.8 Å². The summed E-state index contributed by atoms with van der Waals surface area (Å²) in [6.07, 6.45) is -0.272. The van der Waals surface area contributed by atoms with Gasteiger partial charge in [-0.3, -0.25) is 0 Å². The van der Waals surface area contributed by atoms with Crippen LogP contribution in [0.1, 0.15) is 18.4 Å². The van der Waals surface area contributed by atoms with Crippen molar-refractivity contribution in [3.05, 3.63) is 24.0 Å². The fraction of sp³-hybridized carbons (Fsp3) is 0.556. The minimum absolute atomic E-state index is 0.146. The van der Waals surface area contributed by atoms with Crippen LogP contribution in [0.2, 0.25) is 0 Å². The minimum Gasteiger partial charge on any atom is -0.329 e. The molecule has 0 aliphatic carbocycles. The Morgan fingerprint density at radius 1 is 1.33 bits per heavy atom. The van der Waals surface area contributed by atoms with Gasteiger partial charge in [0.1, 0.15) is 6.54 Å². The van der Waals surface area contributed by atoms with Gasteiger partial charge in [0.2, 0.25) is 0 Å². The van der Waals surface area contributed by atoms with Crippen LogP contribution < -0.4 is 0 Å². The maximum Gasteiger partial charge on any atom is 0.408 e. The second-order valence-electron chi connectivity index (χ2n) is 3.76. The summed E-state index contributed by atoms with van der Waals surface area (Å²) < 4.78 is 39.2. The van der Waals surface area contributed by atoms with Crippen LogP contribution in [0.25, 0.3) is 0 Å². The number of hydrogen-bond donors (Lipinski definition) is 0. The first kappa shape index (κ1) is 12.5. The molecule has 0 saturated carbocycles. The first-order valence-electron chi connectivity index (χ1n) is 5.30. The quantitative estimate of drug-likeness (QED) is 0.824. The summed E-state index contributed by atoms with van der Waals surface area (Å²) in [5.74, 6) is 0.146. The Morgan fingerprint density at radius 2 is 2.11 bits per heavy atom. The Hall–Kier alpha value is -1.93. The fourth-order valence-electron chi connectivity index (χ4n) is 1.47. The van der Waals surface area contributed by atoms with Crippen molar-refractivity contribution >= 4 is 0 Å². The fourth-order valence-corrected chi connectivity index (χ4v) is 1.47. The summed E-state index contributed by atoms with van der Waals surface area (Å²) in [6, 6.07) is 0. The third-order valence-electron chi connectivity index (χ3n) is 2.31. The van der Waals surface area contributed by atoms with Gasteiger partial charge in [-0.05, 0) is 16.8 Å². The highest BCUT2D eigenvalue weighted by Gasteiger charge is 2.30. The first-order chi connectivity index (χ1) is 8.48. The second-order valence-corrected chi connectivity index (χ2v) is 3.76. The Bertz CT molecular complexity index is 514. The molecule has 2 aromatic heterocycles. The maximum absolute atomic E-state index is 12.3. The first-order valence-corrected chi connectivity index (χ1v) is 5.30. The molecule has 2 aromatic rings. The van der Waals surface area contributed by atoms with E-state index in [4.69, 9.17) is 0 Å². The summed E-state index contributed by atoms with van der Waals surface area (Å²) in [7, 11) is 0. The normalized spacial score (nSPS) is 12.0. The zero-order valence-corrected chi connectivity index (χ0v) is 9.59. The number of imidazole rings is 1. The Morgan fingerprint density at radius 3 is 2.72 bits per heavy atom. The topological polar surface area (TPSA) is 61.4 Å². The van der Waals surface area contributed by atoms with Crippen LogP contribution in [-0.4, -0.2) is 35.9 Å². The van der Waals surface area contributed by atoms with Gasteiger partial charge < -0.3 is 4.57 Å². The summed E-state index contributed by atoms with van der Waals surface area (Å²) in [4.78, 5) is 4.08. The van der Waals surface area contributed by atoms with Crippen molar-refractivity contribution in [3.63, 3.8) is 0 Å². The molecule has 0 unspecified atom stereocenters. The van der Waals surface area contributed by atoms with E-state index in [1.54, 1.807) is 17.1 Å². The average molecular weight is 260 g/mol. The number of nitrogens with zero attached hydrogens (tertiary/aromatic N) is 6. The van der Waals surface area contributed by atoms with E-state index in [0.29, 0.717) is 0 Å². The Balaban J connectivity index is 2.12. The average Bonchev–Trinajstić information content (AvgIpc) is 2.87. The molecule has 2 rings (SSSR count). The van der Waals surface area contributed by atoms with E-state index in [1.165, 1.54) is 0 Å². The molecule has 0 N–H and O–H groups in total. The third-order valence-corrected chi connectivity index (χ3v) is 2.31. The van der Waals surface area contributed by atoms with Crippen molar-refractivity contribution in [3.8, 4) is 0 Å². The summed E-state index contributed by atoms with van der Waals surface area (Å²) in [6.45, 7) is 0.918. The predicted molar refractivity (Wildman–Crippen MR) is 54.6 cm³/mol. The Kier molecular flexibility index (Phi) is 3.30. The predicted octanol–water partition coefficient (Wildman–Crippen LogP) is 1.04. The van der Waals surface area contributed by atoms with Gasteiger partial charge in [-0.15, -0.1) is 5.10 Å². The van der Waals surface area contributed by atoms with Crippen molar-refractivity contribution in [2.45, 2.75) is 32.6 Å². The molecule has 2 heterocycles. The van der Waals surface area contributed by atoms with Crippen LogP contribution in [0.15, 0.2) is 12.5 Å². The van der Waals surface area contributed by atoms with E-state index >= 15 is 0 Å². The van der Waals surface area contributed by atoms with E-state index in [9.17, 15) is 13.2 Å². The molecule has 6 nitrogen and oxygen atoms in total. The minimum atomic E-state index is -4.34. The van der Waals surface area contributed by atoms with Crippen LogP contribution in [0.5, 0.6) is 0 Å². The number of alkyl halides is 3. The highest BCUT2D eigenvalue weighted by molar-refractivity contribution is 4.98. The van der Waals surface area contributed by atoms with Crippen molar-refractivity contribution in [2.24, 2.45) is 0 Å². The molecule has 0 saturated heterocycles. The van der Waals surface area contributed by atoms with E-state index in [0.717, 1.165) is 16.8 Å². The molecule has 0 aromatic carbocycles. The molecule has 0 amide bonds. The highest BCUT2D eigenvalue weighted by Crippen LogP contribution is 2.17. The third kappa shape index (κ3) is 3.05. The largest absolute Gasteiger partial charge is 0.408 e.